The summed E-state index contributed by atoms with van der Waals surface area (Å²) < 4.78 is 0.667. The number of carboxylic acid groups (broad SMARTS) is 1. The molecule has 0 saturated heterocycles. The fraction of sp³-hybridized carbons (Fsp3) is 0.385. The number of nitrogens with one attached hydrogen (secondary N) is 1. The summed E-state index contributed by atoms with van der Waals surface area (Å²) in [4.78, 5) is 22.3. The quantitative estimate of drug-likeness (QED) is 0.828. The standard InChI is InChI=1S/C13H15BrClNO3/c1-8(2-5-12(17)18)7-16-13(19)9-3-4-11(15)10(14)6-9/h3-4,6,8H,2,5,7H2,1H3,(H,16,19)(H,17,18). The second-order valence-electron chi connectivity index (χ2n) is 4.38. The highest BCUT2D eigenvalue weighted by atomic mass is 79.9. The van der Waals surface area contributed by atoms with Gasteiger partial charge in [-0.1, -0.05) is 18.5 Å². The summed E-state index contributed by atoms with van der Waals surface area (Å²) in [7, 11) is 0. The SMILES string of the molecule is CC(CCC(=O)O)CNC(=O)c1ccc(Cl)c(Br)c1. The first kappa shape index (κ1) is 16.0. The molecule has 0 heterocycles. The molecule has 1 aromatic rings. The zero-order valence-electron chi connectivity index (χ0n) is 10.5. The molecule has 0 radical (unpaired) electrons. The van der Waals surface area contributed by atoms with E-state index in [0.717, 1.165) is 0 Å². The van der Waals surface area contributed by atoms with Crippen molar-refractivity contribution in [1.29, 1.82) is 0 Å². The van der Waals surface area contributed by atoms with E-state index in [1.54, 1.807) is 18.2 Å². The summed E-state index contributed by atoms with van der Waals surface area (Å²) in [6.45, 7) is 2.35. The van der Waals surface area contributed by atoms with E-state index in [0.29, 0.717) is 28.0 Å². The van der Waals surface area contributed by atoms with Crippen molar-refractivity contribution in [3.8, 4) is 0 Å². The summed E-state index contributed by atoms with van der Waals surface area (Å²) in [5.74, 6) is -0.893. The molecule has 0 aliphatic rings. The van der Waals surface area contributed by atoms with Gasteiger partial charge in [-0.05, 0) is 46.5 Å². The Bertz CT molecular complexity index is 479. The molecule has 2 N–H and O–H groups in total. The van der Waals surface area contributed by atoms with Crippen molar-refractivity contribution in [1.82, 2.24) is 5.32 Å². The van der Waals surface area contributed by atoms with Crippen molar-refractivity contribution in [2.24, 2.45) is 5.92 Å². The lowest BCUT2D eigenvalue weighted by atomic mass is 10.1. The van der Waals surface area contributed by atoms with Gasteiger partial charge in [-0.25, -0.2) is 0 Å². The highest BCUT2D eigenvalue weighted by Crippen LogP contribution is 2.23. The Hall–Kier alpha value is -1.07. The normalized spacial score (nSPS) is 11.9. The Kier molecular flexibility index (Phi) is 6.31. The third-order valence-corrected chi connectivity index (χ3v) is 3.86. The van der Waals surface area contributed by atoms with Gasteiger partial charge in [0, 0.05) is 23.0 Å². The minimum atomic E-state index is -0.820. The summed E-state index contributed by atoms with van der Waals surface area (Å²) in [5, 5.41) is 11.9. The average molecular weight is 349 g/mol. The van der Waals surface area contributed by atoms with E-state index in [4.69, 9.17) is 16.7 Å². The Morgan fingerprint density at radius 3 is 2.74 bits per heavy atom. The maximum atomic E-state index is 11.9. The van der Waals surface area contributed by atoms with E-state index in [1.807, 2.05) is 6.92 Å². The molecule has 1 amide bonds. The lowest BCUT2D eigenvalue weighted by Gasteiger charge is -2.11. The zero-order chi connectivity index (χ0) is 14.4. The molecular weight excluding hydrogens is 334 g/mol. The smallest absolute Gasteiger partial charge is 0.303 e. The molecule has 1 unspecified atom stereocenters. The van der Waals surface area contributed by atoms with Gasteiger partial charge in [-0.3, -0.25) is 9.59 Å². The van der Waals surface area contributed by atoms with Gasteiger partial charge in [-0.15, -0.1) is 0 Å². The predicted octanol–water partition coefficient (Wildman–Crippen LogP) is 3.33. The summed E-state index contributed by atoms with van der Waals surface area (Å²) in [6, 6.07) is 4.94. The van der Waals surface area contributed by atoms with Crippen LogP contribution in [0.1, 0.15) is 30.1 Å². The molecule has 0 aromatic heterocycles. The molecule has 0 spiro atoms. The second kappa shape index (κ2) is 7.50. The number of aliphatic carboxylic acids is 1. The average Bonchev–Trinajstić information content (AvgIpc) is 2.36. The molecule has 0 aliphatic heterocycles. The second-order valence-corrected chi connectivity index (χ2v) is 5.64. The van der Waals surface area contributed by atoms with E-state index in [1.165, 1.54) is 0 Å². The number of carbonyl (C=O) groups excluding carboxylic acids is 1. The lowest BCUT2D eigenvalue weighted by Crippen LogP contribution is -2.28. The molecule has 6 heteroatoms. The molecule has 1 rings (SSSR count). The van der Waals surface area contributed by atoms with Crippen LogP contribution in [0.3, 0.4) is 0 Å². The van der Waals surface area contributed by atoms with Crippen LogP contribution in [0.15, 0.2) is 22.7 Å². The van der Waals surface area contributed by atoms with Gasteiger partial charge in [-0.2, -0.15) is 0 Å². The summed E-state index contributed by atoms with van der Waals surface area (Å²) in [5.41, 5.74) is 0.515. The molecule has 0 saturated carbocycles. The van der Waals surface area contributed by atoms with Crippen molar-refractivity contribution in [3.05, 3.63) is 33.3 Å². The van der Waals surface area contributed by atoms with Gasteiger partial charge in [0.15, 0.2) is 0 Å². The largest absolute Gasteiger partial charge is 0.481 e. The topological polar surface area (TPSA) is 66.4 Å². The van der Waals surface area contributed by atoms with E-state index in [2.05, 4.69) is 21.2 Å². The van der Waals surface area contributed by atoms with Crippen LogP contribution in [0.4, 0.5) is 0 Å². The molecular formula is C13H15BrClNO3. The van der Waals surface area contributed by atoms with Crippen molar-refractivity contribution >= 4 is 39.4 Å². The molecule has 1 aromatic carbocycles. The first-order valence-electron chi connectivity index (χ1n) is 5.85. The molecule has 4 nitrogen and oxygen atoms in total. The minimum absolute atomic E-state index is 0.115. The predicted molar refractivity (Wildman–Crippen MR) is 77.5 cm³/mol. The third-order valence-electron chi connectivity index (χ3n) is 2.64. The molecule has 0 bridgehead atoms. The van der Waals surface area contributed by atoms with Gasteiger partial charge in [0.05, 0.1) is 5.02 Å². The number of hydrogen-bond acceptors (Lipinski definition) is 2. The molecule has 104 valence electrons. The van der Waals surface area contributed by atoms with E-state index < -0.39 is 5.97 Å². The summed E-state index contributed by atoms with van der Waals surface area (Å²) >= 11 is 9.11. The van der Waals surface area contributed by atoms with E-state index in [-0.39, 0.29) is 18.2 Å². The lowest BCUT2D eigenvalue weighted by molar-refractivity contribution is -0.137. The Morgan fingerprint density at radius 2 is 2.16 bits per heavy atom. The fourth-order valence-corrected chi connectivity index (χ4v) is 1.97. The van der Waals surface area contributed by atoms with Crippen LogP contribution < -0.4 is 5.32 Å². The molecule has 0 aliphatic carbocycles. The first-order valence-corrected chi connectivity index (χ1v) is 7.02. The number of rotatable bonds is 6. The highest BCUT2D eigenvalue weighted by molar-refractivity contribution is 9.10. The summed E-state index contributed by atoms with van der Waals surface area (Å²) in [6.07, 6.45) is 0.656. The zero-order valence-corrected chi connectivity index (χ0v) is 12.8. The van der Waals surface area contributed by atoms with Crippen molar-refractivity contribution in [2.75, 3.05) is 6.54 Å². The van der Waals surface area contributed by atoms with Crippen LogP contribution in [0.25, 0.3) is 0 Å². The minimum Gasteiger partial charge on any atom is -0.481 e. The van der Waals surface area contributed by atoms with Crippen LogP contribution in [-0.4, -0.2) is 23.5 Å². The number of amides is 1. The maximum absolute atomic E-state index is 11.9. The van der Waals surface area contributed by atoms with E-state index >= 15 is 0 Å². The number of carboxylic acids is 1. The van der Waals surface area contributed by atoms with E-state index in [9.17, 15) is 9.59 Å². The number of carbonyl (C=O) groups is 2. The van der Waals surface area contributed by atoms with Crippen molar-refractivity contribution in [3.63, 3.8) is 0 Å². The van der Waals surface area contributed by atoms with Gasteiger partial charge in [0.25, 0.3) is 5.91 Å². The van der Waals surface area contributed by atoms with Gasteiger partial charge in [0.1, 0.15) is 0 Å². The van der Waals surface area contributed by atoms with Gasteiger partial charge >= 0.3 is 5.97 Å². The Balaban J connectivity index is 2.46. The highest BCUT2D eigenvalue weighted by Gasteiger charge is 2.10. The van der Waals surface area contributed by atoms with Gasteiger partial charge < -0.3 is 10.4 Å². The van der Waals surface area contributed by atoms with Crippen LogP contribution in [0.2, 0.25) is 5.02 Å². The number of benzene rings is 1. The van der Waals surface area contributed by atoms with Crippen molar-refractivity contribution in [2.45, 2.75) is 19.8 Å². The van der Waals surface area contributed by atoms with Crippen LogP contribution >= 0.6 is 27.5 Å². The Labute approximate surface area is 125 Å². The number of hydrogen-bond donors (Lipinski definition) is 2. The Morgan fingerprint density at radius 1 is 1.47 bits per heavy atom. The third kappa shape index (κ3) is 5.61. The fourth-order valence-electron chi connectivity index (χ4n) is 1.48. The number of halogens is 2. The van der Waals surface area contributed by atoms with Crippen LogP contribution in [0, 0.1) is 5.92 Å². The molecule has 1 atom stereocenters. The van der Waals surface area contributed by atoms with Crippen LogP contribution in [-0.2, 0) is 4.79 Å². The first-order chi connectivity index (χ1) is 8.90. The van der Waals surface area contributed by atoms with Crippen LogP contribution in [0.5, 0.6) is 0 Å². The molecule has 19 heavy (non-hydrogen) atoms. The van der Waals surface area contributed by atoms with Crippen molar-refractivity contribution < 1.29 is 14.7 Å². The monoisotopic (exact) mass is 347 g/mol. The molecule has 0 fully saturated rings. The van der Waals surface area contributed by atoms with Gasteiger partial charge in [0.2, 0.25) is 0 Å². The maximum Gasteiger partial charge on any atom is 0.303 e.